The number of nitrogens with zero attached hydrogens (tertiary/aromatic N) is 1. The molecule has 1 atom stereocenters. The molecule has 1 saturated heterocycles. The van der Waals surface area contributed by atoms with E-state index in [2.05, 4.69) is 26.0 Å². The van der Waals surface area contributed by atoms with Crippen molar-refractivity contribution in [3.05, 3.63) is 0 Å². The Labute approximate surface area is 83.0 Å². The molecule has 0 spiro atoms. The van der Waals surface area contributed by atoms with Crippen LogP contribution in [0.15, 0.2) is 0 Å². The monoisotopic (exact) mass is 265 g/mol. The summed E-state index contributed by atoms with van der Waals surface area (Å²) in [5.74, 6) is 1.05. The van der Waals surface area contributed by atoms with Crippen LogP contribution in [-0.2, 0) is 0 Å². The molecule has 1 aliphatic carbocycles. The summed E-state index contributed by atoms with van der Waals surface area (Å²) in [6, 6.07) is 0.943. The predicted octanol–water partition coefficient (Wildman–Crippen LogP) is 2.99. The van der Waals surface area contributed by atoms with Crippen LogP contribution >= 0.6 is 22.9 Å². The molecule has 2 rings (SSSR count). The second kappa shape index (κ2) is 3.60. The topological polar surface area (TPSA) is 3.24 Å². The molecule has 2 aliphatic rings. The molecular formula is C9H16IN. The first-order valence-electron chi connectivity index (χ1n) is 4.80. The van der Waals surface area contributed by atoms with Crippen LogP contribution in [0.4, 0.5) is 0 Å². The van der Waals surface area contributed by atoms with Crippen molar-refractivity contribution in [3.63, 3.8) is 0 Å². The van der Waals surface area contributed by atoms with Crippen LogP contribution < -0.4 is 0 Å². The number of hydrogen-bond donors (Lipinski definition) is 0. The molecule has 1 aliphatic heterocycles. The van der Waals surface area contributed by atoms with Crippen LogP contribution in [0.5, 0.6) is 0 Å². The van der Waals surface area contributed by atoms with Gasteiger partial charge in [-0.25, -0.2) is 3.11 Å². The molecule has 0 unspecified atom stereocenters. The van der Waals surface area contributed by atoms with Crippen molar-refractivity contribution < 1.29 is 0 Å². The largest absolute Gasteiger partial charge is 0.244 e. The van der Waals surface area contributed by atoms with E-state index in [9.17, 15) is 0 Å². The number of rotatable bonds is 1. The van der Waals surface area contributed by atoms with E-state index < -0.39 is 0 Å². The summed E-state index contributed by atoms with van der Waals surface area (Å²) in [5, 5.41) is 0. The first-order valence-corrected chi connectivity index (χ1v) is 5.77. The van der Waals surface area contributed by atoms with Crippen LogP contribution in [0, 0.1) is 5.92 Å². The van der Waals surface area contributed by atoms with Crippen LogP contribution in [0.25, 0.3) is 0 Å². The van der Waals surface area contributed by atoms with Gasteiger partial charge in [-0.1, -0.05) is 12.8 Å². The normalized spacial score (nSPS) is 35.2. The lowest BCUT2D eigenvalue weighted by Crippen LogP contribution is -2.26. The summed E-state index contributed by atoms with van der Waals surface area (Å²) in [7, 11) is 0. The minimum absolute atomic E-state index is 0.943. The summed E-state index contributed by atoms with van der Waals surface area (Å²) in [5.41, 5.74) is 0. The van der Waals surface area contributed by atoms with Crippen molar-refractivity contribution in [3.8, 4) is 0 Å². The van der Waals surface area contributed by atoms with Gasteiger partial charge in [0, 0.05) is 35.5 Å². The SMILES string of the molecule is IN1CCC[C@@H]1C1CCCC1. The van der Waals surface area contributed by atoms with E-state index in [0.717, 1.165) is 12.0 Å². The summed E-state index contributed by atoms with van der Waals surface area (Å²) < 4.78 is 2.55. The van der Waals surface area contributed by atoms with Crippen molar-refractivity contribution in [1.82, 2.24) is 3.11 Å². The zero-order valence-corrected chi connectivity index (χ0v) is 9.09. The molecule has 0 aromatic heterocycles. The first kappa shape index (κ1) is 8.30. The smallest absolute Gasteiger partial charge is 0.0222 e. The second-order valence-electron chi connectivity index (χ2n) is 3.88. The third-order valence-electron chi connectivity index (χ3n) is 3.18. The van der Waals surface area contributed by atoms with Gasteiger partial charge >= 0.3 is 0 Å². The molecule has 1 saturated carbocycles. The third-order valence-corrected chi connectivity index (χ3v) is 4.37. The Balaban J connectivity index is 1.92. The molecule has 2 heteroatoms. The molecule has 0 radical (unpaired) electrons. The van der Waals surface area contributed by atoms with E-state index in [1.54, 1.807) is 0 Å². The summed E-state index contributed by atoms with van der Waals surface area (Å²) >= 11 is 2.52. The van der Waals surface area contributed by atoms with Crippen molar-refractivity contribution in [2.75, 3.05) is 6.54 Å². The van der Waals surface area contributed by atoms with Gasteiger partial charge in [0.2, 0.25) is 0 Å². The van der Waals surface area contributed by atoms with Gasteiger partial charge in [-0.3, -0.25) is 0 Å². The molecule has 0 bridgehead atoms. The third kappa shape index (κ3) is 1.72. The van der Waals surface area contributed by atoms with Gasteiger partial charge in [-0.15, -0.1) is 0 Å². The quantitative estimate of drug-likeness (QED) is 0.520. The first-order chi connectivity index (χ1) is 5.38. The fourth-order valence-electron chi connectivity index (χ4n) is 2.56. The maximum Gasteiger partial charge on any atom is 0.0222 e. The summed E-state index contributed by atoms with van der Waals surface area (Å²) in [6.07, 6.45) is 8.89. The molecule has 64 valence electrons. The highest BCUT2D eigenvalue weighted by molar-refractivity contribution is 14.1. The molecule has 11 heavy (non-hydrogen) atoms. The Kier molecular flexibility index (Phi) is 2.72. The molecule has 0 N–H and O–H groups in total. The molecular weight excluding hydrogens is 249 g/mol. The van der Waals surface area contributed by atoms with Crippen LogP contribution in [0.2, 0.25) is 0 Å². The van der Waals surface area contributed by atoms with Gasteiger partial charge in [0.05, 0.1) is 0 Å². The lowest BCUT2D eigenvalue weighted by Gasteiger charge is -2.23. The molecule has 0 aromatic rings. The maximum atomic E-state index is 2.55. The Bertz CT molecular complexity index is 132. The predicted molar refractivity (Wildman–Crippen MR) is 55.7 cm³/mol. The Hall–Kier alpha value is 0.690. The minimum Gasteiger partial charge on any atom is -0.244 e. The zero-order valence-electron chi connectivity index (χ0n) is 6.93. The van der Waals surface area contributed by atoms with E-state index in [4.69, 9.17) is 0 Å². The highest BCUT2D eigenvalue weighted by Gasteiger charge is 2.31. The Morgan fingerprint density at radius 2 is 1.73 bits per heavy atom. The van der Waals surface area contributed by atoms with Gasteiger partial charge in [0.1, 0.15) is 0 Å². The van der Waals surface area contributed by atoms with Gasteiger partial charge in [0.25, 0.3) is 0 Å². The highest BCUT2D eigenvalue weighted by Crippen LogP contribution is 2.36. The average Bonchev–Trinajstić information content (AvgIpc) is 2.55. The zero-order chi connectivity index (χ0) is 7.68. The van der Waals surface area contributed by atoms with Crippen LogP contribution in [0.1, 0.15) is 38.5 Å². The summed E-state index contributed by atoms with van der Waals surface area (Å²) in [4.78, 5) is 0. The molecule has 1 nitrogen and oxygen atoms in total. The van der Waals surface area contributed by atoms with Crippen molar-refractivity contribution in [2.24, 2.45) is 5.92 Å². The molecule has 0 aromatic carbocycles. The van der Waals surface area contributed by atoms with E-state index in [1.807, 2.05) is 0 Å². The number of halogens is 1. The van der Waals surface area contributed by atoms with Crippen LogP contribution in [0.3, 0.4) is 0 Å². The van der Waals surface area contributed by atoms with Gasteiger partial charge in [-0.2, -0.15) is 0 Å². The lowest BCUT2D eigenvalue weighted by molar-refractivity contribution is 0.328. The van der Waals surface area contributed by atoms with Crippen LogP contribution in [-0.4, -0.2) is 15.7 Å². The fourth-order valence-corrected chi connectivity index (χ4v) is 3.64. The molecule has 1 heterocycles. The molecule has 0 amide bonds. The van der Waals surface area contributed by atoms with Crippen molar-refractivity contribution >= 4 is 22.9 Å². The van der Waals surface area contributed by atoms with E-state index in [1.165, 1.54) is 45.1 Å². The lowest BCUT2D eigenvalue weighted by atomic mass is 9.97. The maximum absolute atomic E-state index is 2.55. The molecule has 2 fully saturated rings. The standard InChI is InChI=1S/C9H16IN/c10-11-7-3-6-9(11)8-4-1-2-5-8/h8-9H,1-7H2/t9-/m1/s1. The van der Waals surface area contributed by atoms with Gasteiger partial charge < -0.3 is 0 Å². The van der Waals surface area contributed by atoms with Crippen molar-refractivity contribution in [2.45, 2.75) is 44.6 Å². The highest BCUT2D eigenvalue weighted by atomic mass is 127. The number of hydrogen-bond acceptors (Lipinski definition) is 1. The van der Waals surface area contributed by atoms with Gasteiger partial charge in [0.15, 0.2) is 0 Å². The van der Waals surface area contributed by atoms with E-state index in [0.29, 0.717) is 0 Å². The Morgan fingerprint density at radius 3 is 2.27 bits per heavy atom. The average molecular weight is 265 g/mol. The van der Waals surface area contributed by atoms with E-state index in [-0.39, 0.29) is 0 Å². The van der Waals surface area contributed by atoms with E-state index >= 15 is 0 Å². The van der Waals surface area contributed by atoms with Gasteiger partial charge in [-0.05, 0) is 31.6 Å². The van der Waals surface area contributed by atoms with Crippen molar-refractivity contribution in [1.29, 1.82) is 0 Å². The Morgan fingerprint density at radius 1 is 1.00 bits per heavy atom. The fraction of sp³-hybridized carbons (Fsp3) is 1.00. The summed E-state index contributed by atoms with van der Waals surface area (Å²) in [6.45, 7) is 1.34. The second-order valence-corrected chi connectivity index (χ2v) is 5.12. The minimum atomic E-state index is 0.943.